The molecule has 6 nitrogen and oxygen atoms in total. The fraction of sp³-hybridized carbons (Fsp3) is 0.286. The molecule has 7 heteroatoms. The molecule has 1 amide bonds. The van der Waals surface area contributed by atoms with E-state index in [1.54, 1.807) is 19.1 Å². The average molecular weight is 303 g/mol. The number of nitrogens with zero attached hydrogens (tertiary/aromatic N) is 3. The van der Waals surface area contributed by atoms with E-state index in [-0.39, 0.29) is 5.91 Å². The van der Waals surface area contributed by atoms with Crippen molar-refractivity contribution in [1.82, 2.24) is 14.5 Å². The predicted octanol–water partition coefficient (Wildman–Crippen LogP) is 1.67. The van der Waals surface area contributed by atoms with E-state index in [1.807, 2.05) is 12.1 Å². The molecule has 0 saturated carbocycles. The van der Waals surface area contributed by atoms with Crippen LogP contribution in [0.15, 0.2) is 24.3 Å². The van der Waals surface area contributed by atoms with Gasteiger partial charge in [0.05, 0.1) is 5.69 Å². The zero-order valence-corrected chi connectivity index (χ0v) is 12.1. The summed E-state index contributed by atoms with van der Waals surface area (Å²) < 4.78 is 3.75. The number of carboxylic acids is 1. The van der Waals surface area contributed by atoms with Crippen LogP contribution in [0.2, 0.25) is 0 Å². The third kappa shape index (κ3) is 2.29. The molecule has 1 unspecified atom stereocenters. The van der Waals surface area contributed by atoms with Crippen LogP contribution in [0.5, 0.6) is 0 Å². The van der Waals surface area contributed by atoms with E-state index in [0.29, 0.717) is 29.1 Å². The van der Waals surface area contributed by atoms with Crippen molar-refractivity contribution in [3.63, 3.8) is 0 Å². The minimum Gasteiger partial charge on any atom is -0.479 e. The van der Waals surface area contributed by atoms with Gasteiger partial charge in [-0.2, -0.15) is 0 Å². The molecule has 1 aliphatic heterocycles. The molecule has 1 aromatic heterocycles. The Morgan fingerprint density at radius 2 is 2.14 bits per heavy atom. The second-order valence-corrected chi connectivity index (χ2v) is 5.63. The van der Waals surface area contributed by atoms with E-state index in [4.69, 9.17) is 0 Å². The van der Waals surface area contributed by atoms with Gasteiger partial charge in [-0.3, -0.25) is 4.79 Å². The van der Waals surface area contributed by atoms with E-state index in [1.165, 1.54) is 4.90 Å². The van der Waals surface area contributed by atoms with Crippen LogP contribution in [-0.4, -0.2) is 38.0 Å². The highest BCUT2D eigenvalue weighted by Crippen LogP contribution is 2.31. The lowest BCUT2D eigenvalue weighted by Gasteiger charge is -2.34. The molecule has 1 aliphatic rings. The standard InChI is InChI=1S/C14H13N3O3S/c1-8-12(21-16-15-8)13(18)17-7-6-9-4-2-3-5-10(9)11(17)14(19)20/h2-5,11H,6-7H2,1H3,(H,19,20). The zero-order chi connectivity index (χ0) is 15.0. The van der Waals surface area contributed by atoms with Crippen molar-refractivity contribution in [3.05, 3.63) is 46.0 Å². The van der Waals surface area contributed by atoms with Crippen LogP contribution < -0.4 is 0 Å². The number of rotatable bonds is 2. The molecular formula is C14H13N3O3S. The Bertz CT molecular complexity index is 713. The average Bonchev–Trinajstić information content (AvgIpc) is 2.91. The summed E-state index contributed by atoms with van der Waals surface area (Å²) in [5, 5.41) is 13.4. The van der Waals surface area contributed by atoms with Gasteiger partial charge in [0.2, 0.25) is 0 Å². The second kappa shape index (κ2) is 5.25. The van der Waals surface area contributed by atoms with Gasteiger partial charge in [-0.1, -0.05) is 28.8 Å². The zero-order valence-electron chi connectivity index (χ0n) is 11.3. The van der Waals surface area contributed by atoms with E-state index in [2.05, 4.69) is 9.59 Å². The molecule has 0 radical (unpaired) electrons. The van der Waals surface area contributed by atoms with Crippen molar-refractivity contribution < 1.29 is 14.7 Å². The topological polar surface area (TPSA) is 83.4 Å². The Labute approximate surface area is 125 Å². The lowest BCUT2D eigenvalue weighted by Crippen LogP contribution is -2.43. The Hall–Kier alpha value is -2.28. The Morgan fingerprint density at radius 3 is 2.81 bits per heavy atom. The molecule has 0 fully saturated rings. The van der Waals surface area contributed by atoms with Crippen molar-refractivity contribution in [3.8, 4) is 0 Å². The monoisotopic (exact) mass is 303 g/mol. The normalized spacial score (nSPS) is 17.4. The minimum atomic E-state index is -1.02. The third-order valence-corrected chi connectivity index (χ3v) is 4.44. The highest BCUT2D eigenvalue weighted by Gasteiger charge is 2.37. The largest absolute Gasteiger partial charge is 0.479 e. The predicted molar refractivity (Wildman–Crippen MR) is 76.2 cm³/mol. The molecule has 0 bridgehead atoms. The van der Waals surface area contributed by atoms with Crippen molar-refractivity contribution in [1.29, 1.82) is 0 Å². The van der Waals surface area contributed by atoms with Crippen LogP contribution in [-0.2, 0) is 11.2 Å². The number of hydrogen-bond acceptors (Lipinski definition) is 5. The van der Waals surface area contributed by atoms with Crippen molar-refractivity contribution in [2.75, 3.05) is 6.54 Å². The molecule has 2 aromatic rings. The van der Waals surface area contributed by atoms with E-state index >= 15 is 0 Å². The van der Waals surface area contributed by atoms with Crippen molar-refractivity contribution in [2.45, 2.75) is 19.4 Å². The molecule has 1 N–H and O–H groups in total. The van der Waals surface area contributed by atoms with Crippen LogP contribution in [0, 0.1) is 6.92 Å². The maximum Gasteiger partial charge on any atom is 0.331 e. The van der Waals surface area contributed by atoms with Crippen molar-refractivity contribution in [2.24, 2.45) is 0 Å². The fourth-order valence-corrected chi connectivity index (χ4v) is 3.22. The van der Waals surface area contributed by atoms with Gasteiger partial charge in [0.25, 0.3) is 5.91 Å². The summed E-state index contributed by atoms with van der Waals surface area (Å²) in [5.41, 5.74) is 2.20. The number of carboxylic acid groups (broad SMARTS) is 1. The number of carbonyl (C=O) groups excluding carboxylic acids is 1. The number of hydrogen-bond donors (Lipinski definition) is 1. The fourth-order valence-electron chi connectivity index (χ4n) is 2.61. The highest BCUT2D eigenvalue weighted by molar-refractivity contribution is 7.07. The summed E-state index contributed by atoms with van der Waals surface area (Å²) in [6, 6.07) is 6.40. The quantitative estimate of drug-likeness (QED) is 0.912. The number of aryl methyl sites for hydroxylation is 1. The molecule has 0 aliphatic carbocycles. The molecule has 0 saturated heterocycles. The van der Waals surface area contributed by atoms with Crippen LogP contribution in [0.25, 0.3) is 0 Å². The molecule has 21 heavy (non-hydrogen) atoms. The lowest BCUT2D eigenvalue weighted by molar-refractivity contribution is -0.143. The maximum atomic E-state index is 12.6. The molecule has 1 atom stereocenters. The minimum absolute atomic E-state index is 0.315. The third-order valence-electron chi connectivity index (χ3n) is 3.62. The highest BCUT2D eigenvalue weighted by atomic mass is 32.1. The number of aliphatic carboxylic acids is 1. The van der Waals surface area contributed by atoms with Gasteiger partial charge >= 0.3 is 5.97 Å². The Kier molecular flexibility index (Phi) is 3.42. The SMILES string of the molecule is Cc1nnsc1C(=O)N1CCc2ccccc2C1C(=O)O. The molecule has 0 spiro atoms. The smallest absolute Gasteiger partial charge is 0.331 e. The summed E-state index contributed by atoms with van der Waals surface area (Å²) in [7, 11) is 0. The van der Waals surface area contributed by atoms with Gasteiger partial charge in [-0.25, -0.2) is 4.79 Å². The summed E-state index contributed by atoms with van der Waals surface area (Å²) in [4.78, 5) is 26.1. The van der Waals surface area contributed by atoms with Crippen LogP contribution in [0.4, 0.5) is 0 Å². The summed E-state index contributed by atoms with van der Waals surface area (Å²) in [5.74, 6) is -1.34. The first-order valence-electron chi connectivity index (χ1n) is 6.50. The van der Waals surface area contributed by atoms with Crippen LogP contribution >= 0.6 is 11.5 Å². The first-order valence-corrected chi connectivity index (χ1v) is 7.27. The van der Waals surface area contributed by atoms with Gasteiger partial charge in [0.15, 0.2) is 6.04 Å². The maximum absolute atomic E-state index is 12.6. The summed E-state index contributed by atoms with van der Waals surface area (Å²) in [6.07, 6.45) is 0.650. The van der Waals surface area contributed by atoms with Crippen molar-refractivity contribution >= 4 is 23.4 Å². The molecule has 2 heterocycles. The Morgan fingerprint density at radius 1 is 1.38 bits per heavy atom. The van der Waals surface area contributed by atoms with E-state index in [0.717, 1.165) is 17.1 Å². The molecule has 108 valence electrons. The number of amides is 1. The summed E-state index contributed by atoms with van der Waals surface area (Å²) in [6.45, 7) is 2.08. The number of carbonyl (C=O) groups is 2. The van der Waals surface area contributed by atoms with Crippen LogP contribution in [0.3, 0.4) is 0 Å². The van der Waals surface area contributed by atoms with Gasteiger partial charge in [0, 0.05) is 6.54 Å². The number of fused-ring (bicyclic) bond motifs is 1. The second-order valence-electron chi connectivity index (χ2n) is 4.88. The summed E-state index contributed by atoms with van der Waals surface area (Å²) >= 11 is 1.00. The Balaban J connectivity index is 2.02. The van der Waals surface area contributed by atoms with Gasteiger partial charge in [0.1, 0.15) is 4.88 Å². The van der Waals surface area contributed by atoms with Gasteiger partial charge < -0.3 is 10.0 Å². The first kappa shape index (κ1) is 13.7. The van der Waals surface area contributed by atoms with E-state index in [9.17, 15) is 14.7 Å². The number of aromatic nitrogens is 2. The van der Waals surface area contributed by atoms with Gasteiger partial charge in [-0.15, -0.1) is 5.10 Å². The van der Waals surface area contributed by atoms with E-state index < -0.39 is 12.0 Å². The number of benzene rings is 1. The lowest BCUT2D eigenvalue weighted by atomic mass is 9.92. The molecule has 3 rings (SSSR count). The molecular weight excluding hydrogens is 290 g/mol. The first-order chi connectivity index (χ1) is 10.1. The molecule has 1 aromatic carbocycles. The van der Waals surface area contributed by atoms with Gasteiger partial charge in [-0.05, 0) is 36.0 Å². The van der Waals surface area contributed by atoms with Crippen LogP contribution in [0.1, 0.15) is 32.5 Å².